The van der Waals surface area contributed by atoms with Gasteiger partial charge in [0, 0.05) is 19.1 Å². The molecule has 2 aliphatic rings. The van der Waals surface area contributed by atoms with Crippen molar-refractivity contribution in [2.45, 2.75) is 65.3 Å². The third kappa shape index (κ3) is 3.95. The highest BCUT2D eigenvalue weighted by Crippen LogP contribution is 2.41. The van der Waals surface area contributed by atoms with Crippen molar-refractivity contribution in [2.24, 2.45) is 17.3 Å². The first-order chi connectivity index (χ1) is 9.03. The first-order valence-electron chi connectivity index (χ1n) is 8.45. The van der Waals surface area contributed by atoms with E-state index in [4.69, 9.17) is 0 Å². The van der Waals surface area contributed by atoms with Gasteiger partial charge in [-0.05, 0) is 56.5 Å². The third-order valence-electron chi connectivity index (χ3n) is 5.49. The number of rotatable bonds is 6. The average Bonchev–Trinajstić information content (AvgIpc) is 2.92. The molecule has 0 radical (unpaired) electrons. The summed E-state index contributed by atoms with van der Waals surface area (Å²) < 4.78 is 0. The number of nitrogens with one attached hydrogen (secondary N) is 1. The quantitative estimate of drug-likeness (QED) is 0.791. The van der Waals surface area contributed by atoms with Crippen molar-refractivity contribution in [3.63, 3.8) is 0 Å². The highest BCUT2D eigenvalue weighted by molar-refractivity contribution is 4.96. The minimum atomic E-state index is 0.481. The zero-order valence-corrected chi connectivity index (χ0v) is 13.5. The standard InChI is InChI=1S/C17H34N2/c1-5-18-16-15(10-11-17(16,2)3)13-19(4)12-14-8-6-7-9-14/h14-16,18H,5-13H2,1-4H3. The first kappa shape index (κ1) is 15.3. The Balaban J connectivity index is 1.83. The fraction of sp³-hybridized carbons (Fsp3) is 1.00. The van der Waals surface area contributed by atoms with Gasteiger partial charge in [0.2, 0.25) is 0 Å². The smallest absolute Gasteiger partial charge is 0.0159 e. The van der Waals surface area contributed by atoms with Crippen LogP contribution in [0.2, 0.25) is 0 Å². The molecule has 0 heterocycles. The minimum Gasteiger partial charge on any atom is -0.313 e. The van der Waals surface area contributed by atoms with Crippen molar-refractivity contribution in [3.05, 3.63) is 0 Å². The summed E-state index contributed by atoms with van der Waals surface area (Å²) in [5.74, 6) is 1.83. The van der Waals surface area contributed by atoms with Crippen LogP contribution in [-0.4, -0.2) is 37.6 Å². The lowest BCUT2D eigenvalue weighted by atomic mass is 9.84. The van der Waals surface area contributed by atoms with Gasteiger partial charge in [-0.1, -0.05) is 33.6 Å². The maximum atomic E-state index is 3.76. The molecule has 2 fully saturated rings. The molecule has 2 aliphatic carbocycles. The van der Waals surface area contributed by atoms with Crippen LogP contribution in [0.25, 0.3) is 0 Å². The van der Waals surface area contributed by atoms with E-state index in [2.05, 4.69) is 38.0 Å². The molecular formula is C17H34N2. The average molecular weight is 266 g/mol. The predicted octanol–water partition coefficient (Wildman–Crippen LogP) is 3.52. The van der Waals surface area contributed by atoms with Crippen LogP contribution < -0.4 is 5.32 Å². The second-order valence-electron chi connectivity index (χ2n) is 7.69. The maximum absolute atomic E-state index is 3.76. The molecule has 19 heavy (non-hydrogen) atoms. The lowest BCUT2D eigenvalue weighted by Crippen LogP contribution is -2.45. The molecule has 2 saturated carbocycles. The Hall–Kier alpha value is -0.0800. The van der Waals surface area contributed by atoms with E-state index in [0.717, 1.165) is 18.4 Å². The molecule has 0 bridgehead atoms. The highest BCUT2D eigenvalue weighted by atomic mass is 15.1. The largest absolute Gasteiger partial charge is 0.313 e. The van der Waals surface area contributed by atoms with E-state index in [1.807, 2.05) is 0 Å². The first-order valence-corrected chi connectivity index (χ1v) is 8.45. The minimum absolute atomic E-state index is 0.481. The Labute approximate surface area is 120 Å². The molecule has 2 atom stereocenters. The SMILES string of the molecule is CCNC1C(CN(C)CC2CCCC2)CCC1(C)C. The van der Waals surface area contributed by atoms with Gasteiger partial charge in [-0.3, -0.25) is 0 Å². The van der Waals surface area contributed by atoms with Crippen molar-refractivity contribution in [1.29, 1.82) is 0 Å². The van der Waals surface area contributed by atoms with Crippen molar-refractivity contribution in [2.75, 3.05) is 26.7 Å². The Bertz CT molecular complexity index is 268. The van der Waals surface area contributed by atoms with Gasteiger partial charge in [-0.2, -0.15) is 0 Å². The van der Waals surface area contributed by atoms with Crippen LogP contribution in [0.5, 0.6) is 0 Å². The molecule has 0 spiro atoms. The van der Waals surface area contributed by atoms with Gasteiger partial charge >= 0.3 is 0 Å². The van der Waals surface area contributed by atoms with Crippen molar-refractivity contribution in [1.82, 2.24) is 10.2 Å². The van der Waals surface area contributed by atoms with Crippen LogP contribution in [-0.2, 0) is 0 Å². The van der Waals surface area contributed by atoms with E-state index in [1.54, 1.807) is 0 Å². The van der Waals surface area contributed by atoms with E-state index >= 15 is 0 Å². The summed E-state index contributed by atoms with van der Waals surface area (Å²) in [6, 6.07) is 0.712. The van der Waals surface area contributed by atoms with Crippen LogP contribution in [0.4, 0.5) is 0 Å². The normalized spacial score (nSPS) is 31.4. The van der Waals surface area contributed by atoms with Crippen molar-refractivity contribution < 1.29 is 0 Å². The van der Waals surface area contributed by atoms with Crippen molar-refractivity contribution >= 4 is 0 Å². The maximum Gasteiger partial charge on any atom is 0.0159 e. The number of nitrogens with zero attached hydrogens (tertiary/aromatic N) is 1. The summed E-state index contributed by atoms with van der Waals surface area (Å²) in [6.45, 7) is 10.9. The van der Waals surface area contributed by atoms with Gasteiger partial charge in [0.15, 0.2) is 0 Å². The summed E-state index contributed by atoms with van der Waals surface area (Å²) >= 11 is 0. The van der Waals surface area contributed by atoms with E-state index in [-0.39, 0.29) is 0 Å². The van der Waals surface area contributed by atoms with Crippen LogP contribution >= 0.6 is 0 Å². The van der Waals surface area contributed by atoms with Gasteiger partial charge in [0.05, 0.1) is 0 Å². The summed E-state index contributed by atoms with van der Waals surface area (Å²) in [5.41, 5.74) is 0.481. The van der Waals surface area contributed by atoms with Crippen LogP contribution in [0.3, 0.4) is 0 Å². The van der Waals surface area contributed by atoms with Gasteiger partial charge in [-0.15, -0.1) is 0 Å². The van der Waals surface area contributed by atoms with Gasteiger partial charge < -0.3 is 10.2 Å². The van der Waals surface area contributed by atoms with E-state index < -0.39 is 0 Å². The van der Waals surface area contributed by atoms with E-state index in [1.165, 1.54) is 51.6 Å². The van der Waals surface area contributed by atoms with E-state index in [0.29, 0.717) is 11.5 Å². The van der Waals surface area contributed by atoms with Crippen LogP contribution in [0.1, 0.15) is 59.3 Å². The second-order valence-corrected chi connectivity index (χ2v) is 7.69. The lowest BCUT2D eigenvalue weighted by molar-refractivity contribution is 0.191. The molecule has 112 valence electrons. The third-order valence-corrected chi connectivity index (χ3v) is 5.49. The predicted molar refractivity (Wildman–Crippen MR) is 83.4 cm³/mol. The Kier molecular flexibility index (Phi) is 5.30. The Morgan fingerprint density at radius 3 is 2.42 bits per heavy atom. The molecule has 2 rings (SSSR count). The summed E-state index contributed by atoms with van der Waals surface area (Å²) in [5, 5.41) is 3.76. The molecule has 0 aromatic carbocycles. The fourth-order valence-corrected chi connectivity index (χ4v) is 4.49. The molecule has 0 saturated heterocycles. The molecule has 0 aromatic rings. The highest BCUT2D eigenvalue weighted by Gasteiger charge is 2.41. The summed E-state index contributed by atoms with van der Waals surface area (Å²) in [4.78, 5) is 2.62. The van der Waals surface area contributed by atoms with Gasteiger partial charge in [0.1, 0.15) is 0 Å². The van der Waals surface area contributed by atoms with Crippen molar-refractivity contribution in [3.8, 4) is 0 Å². The zero-order valence-electron chi connectivity index (χ0n) is 13.5. The van der Waals surface area contributed by atoms with Gasteiger partial charge in [0.25, 0.3) is 0 Å². The topological polar surface area (TPSA) is 15.3 Å². The molecule has 1 N–H and O–H groups in total. The summed E-state index contributed by atoms with van der Waals surface area (Å²) in [6.07, 6.45) is 8.66. The molecule has 0 amide bonds. The van der Waals surface area contributed by atoms with Crippen LogP contribution in [0, 0.1) is 17.3 Å². The molecule has 2 heteroatoms. The monoisotopic (exact) mass is 266 g/mol. The van der Waals surface area contributed by atoms with E-state index in [9.17, 15) is 0 Å². The van der Waals surface area contributed by atoms with Crippen LogP contribution in [0.15, 0.2) is 0 Å². The molecule has 2 nitrogen and oxygen atoms in total. The van der Waals surface area contributed by atoms with Gasteiger partial charge in [-0.25, -0.2) is 0 Å². The molecule has 2 unspecified atom stereocenters. The summed E-state index contributed by atoms with van der Waals surface area (Å²) in [7, 11) is 2.34. The lowest BCUT2D eigenvalue weighted by Gasteiger charge is -2.34. The second kappa shape index (κ2) is 6.58. The molecule has 0 aromatic heterocycles. The Morgan fingerprint density at radius 2 is 1.79 bits per heavy atom. The number of hydrogen-bond acceptors (Lipinski definition) is 2. The molecule has 0 aliphatic heterocycles. The number of hydrogen-bond donors (Lipinski definition) is 1. The zero-order chi connectivity index (χ0) is 13.9. The fourth-order valence-electron chi connectivity index (χ4n) is 4.49. The molecular weight excluding hydrogens is 232 g/mol. The Morgan fingerprint density at radius 1 is 1.11 bits per heavy atom.